The molecule has 3 aromatic rings. The Labute approximate surface area is 186 Å². The van der Waals surface area contributed by atoms with E-state index in [9.17, 15) is 14.7 Å². The molecule has 1 aliphatic carbocycles. The van der Waals surface area contributed by atoms with Crippen LogP contribution in [0.25, 0.3) is 11.1 Å². The monoisotopic (exact) mass is 430 g/mol. The van der Waals surface area contributed by atoms with E-state index in [1.165, 1.54) is 0 Å². The van der Waals surface area contributed by atoms with Gasteiger partial charge in [-0.3, -0.25) is 19.6 Å². The second kappa shape index (κ2) is 10.2. The molecular formula is C25H26N4O3. The number of hydrogen-bond acceptors (Lipinski definition) is 5. The zero-order valence-corrected chi connectivity index (χ0v) is 17.7. The van der Waals surface area contributed by atoms with E-state index >= 15 is 0 Å². The van der Waals surface area contributed by atoms with Gasteiger partial charge in [0.1, 0.15) is 5.69 Å². The van der Waals surface area contributed by atoms with Gasteiger partial charge in [0.2, 0.25) is 0 Å². The first-order valence-corrected chi connectivity index (χ1v) is 10.8. The Morgan fingerprint density at radius 2 is 1.78 bits per heavy atom. The van der Waals surface area contributed by atoms with Crippen LogP contribution >= 0.6 is 0 Å². The van der Waals surface area contributed by atoms with Crippen molar-refractivity contribution in [3.8, 4) is 11.1 Å². The number of aliphatic hydroxyl groups is 1. The molecule has 2 heterocycles. The number of carbonyl (C=O) groups excluding carboxylic acids is 2. The van der Waals surface area contributed by atoms with E-state index in [2.05, 4.69) is 20.6 Å². The molecule has 32 heavy (non-hydrogen) atoms. The Hall–Kier alpha value is -3.58. The minimum atomic E-state index is -0.650. The number of pyridine rings is 2. The highest BCUT2D eigenvalue weighted by atomic mass is 16.3. The second-order valence-electron chi connectivity index (χ2n) is 7.96. The minimum Gasteiger partial charge on any atom is -0.394 e. The zero-order valence-electron chi connectivity index (χ0n) is 17.7. The number of benzene rings is 1. The summed E-state index contributed by atoms with van der Waals surface area (Å²) in [6.07, 6.45) is 9.32. The lowest BCUT2D eigenvalue weighted by Gasteiger charge is -2.18. The van der Waals surface area contributed by atoms with Gasteiger partial charge in [0, 0.05) is 35.8 Å². The summed E-state index contributed by atoms with van der Waals surface area (Å²) in [6.45, 7) is -0.297. The van der Waals surface area contributed by atoms with Crippen LogP contribution in [0.5, 0.6) is 0 Å². The summed E-state index contributed by atoms with van der Waals surface area (Å²) in [7, 11) is 0. The molecule has 4 rings (SSSR count). The van der Waals surface area contributed by atoms with Gasteiger partial charge in [-0.2, -0.15) is 0 Å². The number of hydrogen-bond donors (Lipinski definition) is 3. The molecule has 0 bridgehead atoms. The predicted octanol–water partition coefficient (Wildman–Crippen LogP) is 3.28. The van der Waals surface area contributed by atoms with Crippen LogP contribution in [0.2, 0.25) is 0 Å². The van der Waals surface area contributed by atoms with Crippen LogP contribution in [-0.4, -0.2) is 39.5 Å². The van der Waals surface area contributed by atoms with Gasteiger partial charge < -0.3 is 15.7 Å². The Balaban J connectivity index is 1.43. The number of aromatic nitrogens is 2. The van der Waals surface area contributed by atoms with Crippen molar-refractivity contribution in [1.29, 1.82) is 0 Å². The van der Waals surface area contributed by atoms with Crippen molar-refractivity contribution in [1.82, 2.24) is 20.6 Å². The average molecular weight is 431 g/mol. The van der Waals surface area contributed by atoms with Gasteiger partial charge >= 0.3 is 0 Å². The fourth-order valence-corrected chi connectivity index (χ4v) is 3.95. The van der Waals surface area contributed by atoms with E-state index < -0.39 is 11.9 Å². The highest BCUT2D eigenvalue weighted by molar-refractivity contribution is 5.95. The van der Waals surface area contributed by atoms with Crippen LogP contribution in [0.4, 0.5) is 0 Å². The lowest BCUT2D eigenvalue weighted by molar-refractivity contribution is 0.0910. The minimum absolute atomic E-state index is 0.130. The maximum Gasteiger partial charge on any atom is 0.270 e. The molecule has 0 saturated heterocycles. The topological polar surface area (TPSA) is 104 Å². The van der Waals surface area contributed by atoms with Crippen molar-refractivity contribution >= 4 is 11.8 Å². The van der Waals surface area contributed by atoms with E-state index in [1.807, 2.05) is 18.2 Å². The number of rotatable bonds is 7. The molecule has 1 atom stereocenters. The number of nitrogens with zero attached hydrogens (tertiary/aromatic N) is 2. The SMILES string of the molecule is O=C(NC1CCCC1)c1cccc([C@@H](CO)NC(=O)c2ccc(-c3ccncc3)cn2)c1. The molecule has 1 aliphatic rings. The number of carbonyl (C=O) groups is 2. The Morgan fingerprint density at radius 1 is 1.00 bits per heavy atom. The first-order chi connectivity index (χ1) is 15.6. The lowest BCUT2D eigenvalue weighted by atomic mass is 10.0. The van der Waals surface area contributed by atoms with Crippen LogP contribution in [0.15, 0.2) is 67.1 Å². The number of nitrogens with one attached hydrogen (secondary N) is 2. The van der Waals surface area contributed by atoms with Gasteiger partial charge in [0.25, 0.3) is 11.8 Å². The summed E-state index contributed by atoms with van der Waals surface area (Å²) in [5.74, 6) is -0.527. The molecule has 1 fully saturated rings. The molecule has 0 unspecified atom stereocenters. The van der Waals surface area contributed by atoms with Crippen LogP contribution in [0.3, 0.4) is 0 Å². The Morgan fingerprint density at radius 3 is 2.47 bits per heavy atom. The van der Waals surface area contributed by atoms with Gasteiger partial charge in [-0.05, 0) is 54.3 Å². The average Bonchev–Trinajstić information content (AvgIpc) is 3.36. The smallest absolute Gasteiger partial charge is 0.270 e. The summed E-state index contributed by atoms with van der Waals surface area (Å²) >= 11 is 0. The van der Waals surface area contributed by atoms with Crippen LogP contribution < -0.4 is 10.6 Å². The summed E-state index contributed by atoms with van der Waals surface area (Å²) in [6, 6.07) is 13.8. The number of aliphatic hydroxyl groups excluding tert-OH is 1. The fraction of sp³-hybridized carbons (Fsp3) is 0.280. The van der Waals surface area contributed by atoms with Crippen LogP contribution in [0.1, 0.15) is 58.1 Å². The molecule has 0 radical (unpaired) electrons. The quantitative estimate of drug-likeness (QED) is 0.534. The first kappa shape index (κ1) is 21.6. The normalized spacial score (nSPS) is 14.7. The summed E-state index contributed by atoms with van der Waals surface area (Å²) in [5.41, 5.74) is 3.26. The highest BCUT2D eigenvalue weighted by Crippen LogP contribution is 2.20. The fourth-order valence-electron chi connectivity index (χ4n) is 3.95. The molecule has 1 aromatic carbocycles. The van der Waals surface area contributed by atoms with Gasteiger partial charge in [-0.1, -0.05) is 31.0 Å². The third kappa shape index (κ3) is 5.18. The van der Waals surface area contributed by atoms with E-state index in [0.717, 1.165) is 36.8 Å². The third-order valence-electron chi connectivity index (χ3n) is 5.74. The lowest BCUT2D eigenvalue weighted by Crippen LogP contribution is -2.33. The van der Waals surface area contributed by atoms with E-state index in [0.29, 0.717) is 11.1 Å². The standard InChI is InChI=1S/C25H26N4O3/c30-16-23(18-4-3-5-19(14-18)24(31)28-21-6-1-2-7-21)29-25(32)22-9-8-20(15-27-22)17-10-12-26-13-11-17/h3-5,8-15,21,23,30H,1-2,6-7,16H2,(H,28,31)(H,29,32)/t23-/m1/s1. The van der Waals surface area contributed by atoms with Gasteiger partial charge in [0.05, 0.1) is 12.6 Å². The molecule has 7 heteroatoms. The third-order valence-corrected chi connectivity index (χ3v) is 5.74. The molecule has 164 valence electrons. The first-order valence-electron chi connectivity index (χ1n) is 10.8. The zero-order chi connectivity index (χ0) is 22.3. The molecule has 2 aromatic heterocycles. The van der Waals surface area contributed by atoms with Gasteiger partial charge in [-0.25, -0.2) is 0 Å². The predicted molar refractivity (Wildman–Crippen MR) is 121 cm³/mol. The largest absolute Gasteiger partial charge is 0.394 e. The Bertz CT molecular complexity index is 1060. The van der Waals surface area contributed by atoms with Crippen molar-refractivity contribution < 1.29 is 14.7 Å². The highest BCUT2D eigenvalue weighted by Gasteiger charge is 2.20. The molecule has 7 nitrogen and oxygen atoms in total. The second-order valence-corrected chi connectivity index (χ2v) is 7.96. The van der Waals surface area contributed by atoms with Crippen molar-refractivity contribution in [2.45, 2.75) is 37.8 Å². The van der Waals surface area contributed by atoms with Crippen molar-refractivity contribution in [2.75, 3.05) is 6.61 Å². The van der Waals surface area contributed by atoms with Crippen LogP contribution in [0, 0.1) is 0 Å². The Kier molecular flexibility index (Phi) is 6.87. The van der Waals surface area contributed by atoms with Gasteiger partial charge in [-0.15, -0.1) is 0 Å². The molecule has 2 amide bonds. The van der Waals surface area contributed by atoms with Crippen molar-refractivity contribution in [2.24, 2.45) is 0 Å². The maximum atomic E-state index is 12.7. The number of amides is 2. The summed E-state index contributed by atoms with van der Waals surface area (Å²) < 4.78 is 0. The molecule has 3 N–H and O–H groups in total. The van der Waals surface area contributed by atoms with Crippen molar-refractivity contribution in [3.63, 3.8) is 0 Å². The molecule has 0 aliphatic heterocycles. The van der Waals surface area contributed by atoms with E-state index in [-0.39, 0.29) is 24.2 Å². The van der Waals surface area contributed by atoms with E-state index in [1.54, 1.807) is 48.9 Å². The molecular weight excluding hydrogens is 404 g/mol. The summed E-state index contributed by atoms with van der Waals surface area (Å²) in [4.78, 5) is 33.5. The van der Waals surface area contributed by atoms with Crippen molar-refractivity contribution in [3.05, 3.63) is 83.9 Å². The maximum absolute atomic E-state index is 12.7. The molecule has 0 spiro atoms. The van der Waals surface area contributed by atoms with Gasteiger partial charge in [0.15, 0.2) is 0 Å². The van der Waals surface area contributed by atoms with E-state index in [4.69, 9.17) is 0 Å². The van der Waals surface area contributed by atoms with Crippen LogP contribution in [-0.2, 0) is 0 Å². The molecule has 1 saturated carbocycles. The summed E-state index contributed by atoms with van der Waals surface area (Å²) in [5, 5.41) is 15.8.